The molecule has 6 nitrogen and oxygen atoms in total. The molecule has 0 saturated carbocycles. The molecule has 1 N–H and O–H groups in total. The lowest BCUT2D eigenvalue weighted by Crippen LogP contribution is -2.36. The standard InChI is InChI=1S/C31H37N3O3/c1-21-15-16-34-26(17-21)32-28(29(34)33-31(5,6)20-30(2,3)4)23-9-8-10-25(19-23)37-27(35)18-22-11-13-24(36-7)14-12-22/h8-17,19,33H,18,20H2,1-7H3. The molecule has 6 heteroatoms. The zero-order chi connectivity index (χ0) is 26.8. The summed E-state index contributed by atoms with van der Waals surface area (Å²) in [5.41, 5.74) is 4.56. The molecule has 0 bridgehead atoms. The van der Waals surface area contributed by atoms with E-state index in [1.54, 1.807) is 13.2 Å². The third-order valence-electron chi connectivity index (χ3n) is 6.06. The maximum atomic E-state index is 12.7. The minimum Gasteiger partial charge on any atom is -0.497 e. The normalized spacial score (nSPS) is 12.0. The molecule has 4 aromatic rings. The number of anilines is 1. The number of aromatic nitrogens is 2. The third kappa shape index (κ3) is 6.70. The number of esters is 1. The Morgan fingerprint density at radius 3 is 2.38 bits per heavy atom. The minimum absolute atomic E-state index is 0.158. The second kappa shape index (κ2) is 10.3. The van der Waals surface area contributed by atoms with Crippen LogP contribution >= 0.6 is 0 Å². The first-order chi connectivity index (χ1) is 17.4. The second-order valence-electron chi connectivity index (χ2n) is 11.5. The van der Waals surface area contributed by atoms with Gasteiger partial charge in [-0.1, -0.05) is 45.0 Å². The summed E-state index contributed by atoms with van der Waals surface area (Å²) in [6, 6.07) is 19.1. The molecule has 2 heterocycles. The summed E-state index contributed by atoms with van der Waals surface area (Å²) in [7, 11) is 1.62. The van der Waals surface area contributed by atoms with Gasteiger partial charge in [-0.25, -0.2) is 4.98 Å². The van der Waals surface area contributed by atoms with Crippen LogP contribution in [0.5, 0.6) is 11.5 Å². The summed E-state index contributed by atoms with van der Waals surface area (Å²) in [5, 5.41) is 3.77. The van der Waals surface area contributed by atoms with E-state index in [2.05, 4.69) is 69.6 Å². The number of carbonyl (C=O) groups is 1. The van der Waals surface area contributed by atoms with Gasteiger partial charge in [0.25, 0.3) is 0 Å². The maximum absolute atomic E-state index is 12.7. The Morgan fingerprint density at radius 2 is 1.70 bits per heavy atom. The van der Waals surface area contributed by atoms with E-state index < -0.39 is 0 Å². The number of aryl methyl sites for hydroxylation is 1. The van der Waals surface area contributed by atoms with Crippen LogP contribution in [0.25, 0.3) is 16.9 Å². The van der Waals surface area contributed by atoms with Crippen molar-refractivity contribution in [3.05, 3.63) is 78.0 Å². The third-order valence-corrected chi connectivity index (χ3v) is 6.06. The van der Waals surface area contributed by atoms with Crippen LogP contribution < -0.4 is 14.8 Å². The molecule has 2 aromatic carbocycles. The molecule has 2 aromatic heterocycles. The van der Waals surface area contributed by atoms with Crippen molar-refractivity contribution in [2.45, 2.75) is 59.9 Å². The van der Waals surface area contributed by atoms with Crippen molar-refractivity contribution in [1.29, 1.82) is 0 Å². The molecule has 0 atom stereocenters. The predicted molar refractivity (Wildman–Crippen MR) is 149 cm³/mol. The molecule has 0 aliphatic rings. The van der Waals surface area contributed by atoms with Crippen molar-refractivity contribution < 1.29 is 14.3 Å². The number of imidazole rings is 1. The van der Waals surface area contributed by atoms with Gasteiger partial charge in [0.05, 0.1) is 13.5 Å². The molecule has 0 amide bonds. The van der Waals surface area contributed by atoms with Crippen molar-refractivity contribution in [1.82, 2.24) is 9.38 Å². The van der Waals surface area contributed by atoms with Gasteiger partial charge in [-0.05, 0) is 80.1 Å². The fourth-order valence-corrected chi connectivity index (χ4v) is 4.94. The van der Waals surface area contributed by atoms with Gasteiger partial charge >= 0.3 is 5.97 Å². The van der Waals surface area contributed by atoms with Gasteiger partial charge in [0.2, 0.25) is 0 Å². The number of ether oxygens (including phenoxy) is 2. The van der Waals surface area contributed by atoms with E-state index in [1.165, 1.54) is 0 Å². The summed E-state index contributed by atoms with van der Waals surface area (Å²) in [6.45, 7) is 13.2. The largest absolute Gasteiger partial charge is 0.497 e. The topological polar surface area (TPSA) is 64.9 Å². The zero-order valence-electron chi connectivity index (χ0n) is 22.9. The first-order valence-electron chi connectivity index (χ1n) is 12.6. The monoisotopic (exact) mass is 499 g/mol. The Balaban J connectivity index is 1.63. The van der Waals surface area contributed by atoms with E-state index in [0.29, 0.717) is 5.75 Å². The van der Waals surface area contributed by atoms with Crippen LogP contribution in [0.2, 0.25) is 0 Å². The lowest BCUT2D eigenvalue weighted by Gasteiger charge is -2.34. The highest BCUT2D eigenvalue weighted by Crippen LogP contribution is 2.36. The number of hydrogen-bond acceptors (Lipinski definition) is 5. The molecule has 0 unspecified atom stereocenters. The number of fused-ring (bicyclic) bond motifs is 1. The maximum Gasteiger partial charge on any atom is 0.315 e. The fraction of sp³-hybridized carbons (Fsp3) is 0.355. The first-order valence-corrected chi connectivity index (χ1v) is 12.6. The van der Waals surface area contributed by atoms with Crippen LogP contribution in [-0.4, -0.2) is 28.0 Å². The molecule has 37 heavy (non-hydrogen) atoms. The van der Waals surface area contributed by atoms with Crippen molar-refractivity contribution in [2.24, 2.45) is 5.41 Å². The molecule has 4 rings (SSSR count). The number of benzene rings is 2. The molecule has 0 radical (unpaired) electrons. The zero-order valence-corrected chi connectivity index (χ0v) is 22.9. The van der Waals surface area contributed by atoms with Crippen LogP contribution in [0.3, 0.4) is 0 Å². The molecule has 0 aliphatic carbocycles. The molecular formula is C31H37N3O3. The fourth-order valence-electron chi connectivity index (χ4n) is 4.94. The SMILES string of the molecule is COc1ccc(CC(=O)Oc2cccc(-c3nc4cc(C)ccn4c3NC(C)(C)CC(C)(C)C)c2)cc1. The van der Waals surface area contributed by atoms with Crippen LogP contribution in [-0.2, 0) is 11.2 Å². The van der Waals surface area contributed by atoms with E-state index in [4.69, 9.17) is 14.5 Å². The molecule has 0 spiro atoms. The van der Waals surface area contributed by atoms with Gasteiger partial charge in [-0.2, -0.15) is 0 Å². The number of carbonyl (C=O) groups excluding carboxylic acids is 1. The van der Waals surface area contributed by atoms with Crippen LogP contribution in [0.15, 0.2) is 66.9 Å². The molecule has 0 saturated heterocycles. The van der Waals surface area contributed by atoms with Crippen LogP contribution in [0.1, 0.15) is 52.2 Å². The summed E-state index contributed by atoms with van der Waals surface area (Å²) in [6.07, 6.45) is 3.20. The van der Waals surface area contributed by atoms with Crippen molar-refractivity contribution in [3.63, 3.8) is 0 Å². The molecule has 0 fully saturated rings. The number of hydrogen-bond donors (Lipinski definition) is 1. The van der Waals surface area contributed by atoms with Gasteiger partial charge in [0, 0.05) is 17.3 Å². The van der Waals surface area contributed by atoms with E-state index in [0.717, 1.165) is 46.0 Å². The van der Waals surface area contributed by atoms with Crippen molar-refractivity contribution >= 4 is 17.4 Å². The summed E-state index contributed by atoms with van der Waals surface area (Å²) < 4.78 is 13.0. The molecule has 0 aliphatic heterocycles. The smallest absolute Gasteiger partial charge is 0.315 e. The van der Waals surface area contributed by atoms with Gasteiger partial charge in [0.15, 0.2) is 0 Å². The number of nitrogens with one attached hydrogen (secondary N) is 1. The number of rotatable bonds is 8. The van der Waals surface area contributed by atoms with E-state index in [1.807, 2.05) is 42.5 Å². The summed E-state index contributed by atoms with van der Waals surface area (Å²) in [5.74, 6) is 1.84. The van der Waals surface area contributed by atoms with Gasteiger partial charge in [-0.15, -0.1) is 0 Å². The van der Waals surface area contributed by atoms with Crippen molar-refractivity contribution in [2.75, 3.05) is 12.4 Å². The van der Waals surface area contributed by atoms with Crippen molar-refractivity contribution in [3.8, 4) is 22.8 Å². The predicted octanol–water partition coefficient (Wildman–Crippen LogP) is 7.09. The minimum atomic E-state index is -0.322. The average molecular weight is 500 g/mol. The van der Waals surface area contributed by atoms with E-state index >= 15 is 0 Å². The molecular weight excluding hydrogens is 462 g/mol. The molecule has 194 valence electrons. The van der Waals surface area contributed by atoms with E-state index in [-0.39, 0.29) is 23.3 Å². The number of methoxy groups -OCH3 is 1. The Kier molecular flexibility index (Phi) is 7.30. The van der Waals surface area contributed by atoms with Crippen LogP contribution in [0, 0.1) is 12.3 Å². The average Bonchev–Trinajstić information content (AvgIpc) is 3.14. The first kappa shape index (κ1) is 26.3. The Hall–Kier alpha value is -3.80. The van der Waals surface area contributed by atoms with Gasteiger partial charge in [-0.3, -0.25) is 9.20 Å². The Bertz CT molecular complexity index is 1400. The summed E-state index contributed by atoms with van der Waals surface area (Å²) in [4.78, 5) is 17.6. The lowest BCUT2D eigenvalue weighted by molar-refractivity contribution is -0.133. The summed E-state index contributed by atoms with van der Waals surface area (Å²) >= 11 is 0. The highest BCUT2D eigenvalue weighted by atomic mass is 16.5. The highest BCUT2D eigenvalue weighted by Gasteiger charge is 2.28. The van der Waals surface area contributed by atoms with Gasteiger partial charge < -0.3 is 14.8 Å². The second-order valence-corrected chi connectivity index (χ2v) is 11.5. The van der Waals surface area contributed by atoms with Gasteiger partial charge in [0.1, 0.15) is 28.7 Å². The Labute approximate surface area is 219 Å². The highest BCUT2D eigenvalue weighted by molar-refractivity contribution is 5.79. The van der Waals surface area contributed by atoms with E-state index in [9.17, 15) is 4.79 Å². The van der Waals surface area contributed by atoms with Crippen LogP contribution in [0.4, 0.5) is 5.82 Å². The Morgan fingerprint density at radius 1 is 0.973 bits per heavy atom. The number of nitrogens with zero attached hydrogens (tertiary/aromatic N) is 2. The quantitative estimate of drug-likeness (QED) is 0.207. The lowest BCUT2D eigenvalue weighted by atomic mass is 9.82. The number of pyridine rings is 1.